The quantitative estimate of drug-likeness (QED) is 0.574. The van der Waals surface area contributed by atoms with Crippen molar-refractivity contribution >= 4 is 18.1 Å². The summed E-state index contributed by atoms with van der Waals surface area (Å²) in [5.41, 5.74) is 2.88. The molecule has 2 aliphatic carbocycles. The lowest BCUT2D eigenvalue weighted by molar-refractivity contribution is 0.0962. The van der Waals surface area contributed by atoms with E-state index in [0.29, 0.717) is 17.4 Å². The van der Waals surface area contributed by atoms with E-state index in [9.17, 15) is 4.79 Å². The highest BCUT2D eigenvalue weighted by Crippen LogP contribution is 2.29. The molecule has 2 heterocycles. The summed E-state index contributed by atoms with van der Waals surface area (Å²) in [6.45, 7) is 0. The van der Waals surface area contributed by atoms with Gasteiger partial charge in [-0.2, -0.15) is 0 Å². The van der Waals surface area contributed by atoms with Crippen LogP contribution in [0.25, 0.3) is 11.1 Å². The molecule has 0 radical (unpaired) electrons. The molecule has 2 N–H and O–H groups in total. The van der Waals surface area contributed by atoms with Crippen molar-refractivity contribution < 1.29 is 4.79 Å². The van der Waals surface area contributed by atoms with Gasteiger partial charge in [-0.3, -0.25) is 25.2 Å². The van der Waals surface area contributed by atoms with Crippen molar-refractivity contribution in [1.29, 1.82) is 5.41 Å². The molecule has 1 fully saturated rings. The summed E-state index contributed by atoms with van der Waals surface area (Å²) in [6.07, 6.45) is 15.4. The average molecular weight is 400 g/mol. The first kappa shape index (κ1) is 19.7. The fraction of sp³-hybridized carbons (Fsp3) is 0.261. The number of hydrogen-bond donors (Lipinski definition) is 2. The van der Waals surface area contributed by atoms with Crippen LogP contribution in [0.5, 0.6) is 0 Å². The largest absolute Gasteiger partial charge is 0.321 e. The molecule has 4 rings (SSSR count). The van der Waals surface area contributed by atoms with Crippen LogP contribution in [0, 0.1) is 11.3 Å². The number of carbonyl (C=O) groups excluding carboxylic acids is 1. The molecule has 2 aromatic rings. The summed E-state index contributed by atoms with van der Waals surface area (Å²) >= 11 is 0. The zero-order valence-corrected chi connectivity index (χ0v) is 16.8. The molecule has 1 saturated carbocycles. The third-order valence-corrected chi connectivity index (χ3v) is 5.22. The van der Waals surface area contributed by atoms with Gasteiger partial charge in [-0.25, -0.2) is 0 Å². The molecule has 2 aromatic heterocycles. The van der Waals surface area contributed by atoms with Crippen LogP contribution in [-0.2, 0) is 0 Å². The molecular formula is C23H24N6O. The van der Waals surface area contributed by atoms with Crippen LogP contribution in [0.3, 0.4) is 0 Å². The second-order valence-electron chi connectivity index (χ2n) is 7.34. The zero-order chi connectivity index (χ0) is 20.9. The molecule has 0 aliphatic heterocycles. The monoisotopic (exact) mass is 400 g/mol. The van der Waals surface area contributed by atoms with Gasteiger partial charge in [-0.15, -0.1) is 0 Å². The van der Waals surface area contributed by atoms with E-state index < -0.39 is 0 Å². The normalized spacial score (nSPS) is 18.5. The number of allylic oxidation sites excluding steroid dienone is 2. The van der Waals surface area contributed by atoms with Crippen LogP contribution in [0.2, 0.25) is 0 Å². The molecule has 1 unspecified atom stereocenters. The minimum Gasteiger partial charge on any atom is -0.321 e. The van der Waals surface area contributed by atoms with E-state index in [1.807, 2.05) is 41.3 Å². The smallest absolute Gasteiger partial charge is 0.274 e. The molecule has 0 aromatic carbocycles. The van der Waals surface area contributed by atoms with Gasteiger partial charge in [0.2, 0.25) is 0 Å². The Kier molecular flexibility index (Phi) is 5.79. The van der Waals surface area contributed by atoms with E-state index in [4.69, 9.17) is 5.41 Å². The number of rotatable bonds is 6. The van der Waals surface area contributed by atoms with Crippen LogP contribution in [0.4, 0.5) is 0 Å². The van der Waals surface area contributed by atoms with Gasteiger partial charge in [-0.1, -0.05) is 12.1 Å². The molecule has 7 nitrogen and oxygen atoms in total. The standard InChI is InChI=1S/C23H24N6O/c1-25-22(29(15-24)20-7-8-20)17-4-2-6-19(12-17)28-23(30)21-13-16(9-11-27-21)18-5-3-10-26-14-18/h2-3,5-6,9-15,17,20,24H,4,7-8H2,1H3,(H,28,30)/b24-15?,25-22-. The fourth-order valence-corrected chi connectivity index (χ4v) is 3.59. The van der Waals surface area contributed by atoms with E-state index in [1.165, 1.54) is 6.34 Å². The number of nitrogens with one attached hydrogen (secondary N) is 2. The number of carbonyl (C=O) groups is 1. The summed E-state index contributed by atoms with van der Waals surface area (Å²) < 4.78 is 0. The van der Waals surface area contributed by atoms with E-state index in [1.54, 1.807) is 31.7 Å². The number of nitrogens with zero attached hydrogens (tertiary/aromatic N) is 4. The topological polar surface area (TPSA) is 94.3 Å². The molecule has 30 heavy (non-hydrogen) atoms. The summed E-state index contributed by atoms with van der Waals surface area (Å²) in [4.78, 5) is 27.6. The molecule has 7 heteroatoms. The number of hydrogen-bond acceptors (Lipinski definition) is 5. The van der Waals surface area contributed by atoms with Crippen molar-refractivity contribution in [2.75, 3.05) is 7.05 Å². The van der Waals surface area contributed by atoms with Crippen molar-refractivity contribution in [1.82, 2.24) is 20.2 Å². The van der Waals surface area contributed by atoms with Crippen molar-refractivity contribution in [3.05, 3.63) is 72.5 Å². The van der Waals surface area contributed by atoms with E-state index in [0.717, 1.165) is 36.2 Å². The van der Waals surface area contributed by atoms with E-state index >= 15 is 0 Å². The first-order valence-electron chi connectivity index (χ1n) is 10.0. The predicted molar refractivity (Wildman–Crippen MR) is 117 cm³/mol. The minimum atomic E-state index is -0.265. The summed E-state index contributed by atoms with van der Waals surface area (Å²) in [6, 6.07) is 7.80. The average Bonchev–Trinajstić information content (AvgIpc) is 3.63. The summed E-state index contributed by atoms with van der Waals surface area (Å²) in [5, 5.41) is 10.7. The van der Waals surface area contributed by atoms with Crippen LogP contribution in [-0.4, -0.2) is 46.0 Å². The third-order valence-electron chi connectivity index (χ3n) is 5.22. The van der Waals surface area contributed by atoms with Gasteiger partial charge in [0.05, 0.1) is 6.34 Å². The van der Waals surface area contributed by atoms with Crippen LogP contribution in [0.15, 0.2) is 71.8 Å². The highest BCUT2D eigenvalue weighted by atomic mass is 16.1. The lowest BCUT2D eigenvalue weighted by atomic mass is 9.96. The van der Waals surface area contributed by atoms with E-state index in [-0.39, 0.29) is 11.8 Å². The van der Waals surface area contributed by atoms with Gasteiger partial charge < -0.3 is 10.2 Å². The fourth-order valence-electron chi connectivity index (χ4n) is 3.59. The first-order valence-corrected chi connectivity index (χ1v) is 10.0. The van der Waals surface area contributed by atoms with Gasteiger partial charge in [0.25, 0.3) is 5.91 Å². The maximum Gasteiger partial charge on any atom is 0.274 e. The van der Waals surface area contributed by atoms with Gasteiger partial charge in [0, 0.05) is 48.9 Å². The van der Waals surface area contributed by atoms with Crippen LogP contribution >= 0.6 is 0 Å². The maximum atomic E-state index is 12.8. The predicted octanol–water partition coefficient (Wildman–Crippen LogP) is 3.43. The van der Waals surface area contributed by atoms with Gasteiger partial charge in [-0.05, 0) is 55.2 Å². The molecule has 0 spiro atoms. The summed E-state index contributed by atoms with van der Waals surface area (Å²) in [7, 11) is 1.76. The minimum absolute atomic E-state index is 0.0205. The Balaban J connectivity index is 1.50. The molecule has 1 amide bonds. The highest BCUT2D eigenvalue weighted by molar-refractivity contribution is 5.96. The Bertz CT molecular complexity index is 1020. The number of amides is 1. The highest BCUT2D eigenvalue weighted by Gasteiger charge is 2.33. The number of aliphatic imine (C=N–C) groups is 1. The Labute approximate surface area is 175 Å². The van der Waals surface area contributed by atoms with Crippen LogP contribution < -0.4 is 5.32 Å². The molecule has 1 atom stereocenters. The second-order valence-corrected chi connectivity index (χ2v) is 7.34. The van der Waals surface area contributed by atoms with Crippen LogP contribution in [0.1, 0.15) is 29.8 Å². The number of amidine groups is 1. The second kappa shape index (κ2) is 8.82. The Morgan fingerprint density at radius 3 is 2.87 bits per heavy atom. The van der Waals surface area contributed by atoms with E-state index in [2.05, 4.69) is 20.3 Å². The zero-order valence-electron chi connectivity index (χ0n) is 16.8. The van der Waals surface area contributed by atoms with Gasteiger partial charge in [0.1, 0.15) is 11.5 Å². The Hall–Kier alpha value is -3.61. The molecule has 2 aliphatic rings. The Morgan fingerprint density at radius 1 is 1.30 bits per heavy atom. The first-order chi connectivity index (χ1) is 14.7. The van der Waals surface area contributed by atoms with Crippen molar-refractivity contribution in [3.8, 4) is 11.1 Å². The third kappa shape index (κ3) is 4.35. The molecular weight excluding hydrogens is 376 g/mol. The molecule has 0 saturated heterocycles. The summed E-state index contributed by atoms with van der Waals surface area (Å²) in [5.74, 6) is 0.617. The SMILES string of the molecule is C/N=C(/C1C=C(NC(=O)c2cc(-c3cccnc3)ccn2)C=CC1)N(C=N)C1CC1. The molecule has 152 valence electrons. The number of pyridine rings is 2. The van der Waals surface area contributed by atoms with Gasteiger partial charge >= 0.3 is 0 Å². The number of aromatic nitrogens is 2. The molecule has 0 bridgehead atoms. The lowest BCUT2D eigenvalue weighted by Crippen LogP contribution is -2.37. The van der Waals surface area contributed by atoms with Crippen molar-refractivity contribution in [2.24, 2.45) is 10.9 Å². The Morgan fingerprint density at radius 2 is 2.17 bits per heavy atom. The van der Waals surface area contributed by atoms with Gasteiger partial charge in [0.15, 0.2) is 0 Å². The lowest BCUT2D eigenvalue weighted by Gasteiger charge is -2.27. The van der Waals surface area contributed by atoms with Crippen molar-refractivity contribution in [2.45, 2.75) is 25.3 Å². The van der Waals surface area contributed by atoms with Crippen molar-refractivity contribution in [3.63, 3.8) is 0 Å². The maximum absolute atomic E-state index is 12.8.